The molecule has 1 aromatic carbocycles. The Hall–Kier alpha value is -1.69. The first-order valence-electron chi connectivity index (χ1n) is 13.3. The molecule has 3 aliphatic heterocycles. The van der Waals surface area contributed by atoms with Crippen molar-refractivity contribution in [2.45, 2.75) is 71.5 Å². The van der Waals surface area contributed by atoms with Crippen molar-refractivity contribution in [1.29, 1.82) is 0 Å². The third-order valence-corrected chi connectivity index (χ3v) is 8.57. The van der Waals surface area contributed by atoms with Gasteiger partial charge in [0.2, 0.25) is 0 Å². The maximum absolute atomic E-state index is 4.68. The summed E-state index contributed by atoms with van der Waals surface area (Å²) in [6.07, 6.45) is 7.34. The molecule has 0 aliphatic carbocycles. The van der Waals surface area contributed by atoms with Gasteiger partial charge in [-0.05, 0) is 84.2 Å². The van der Waals surface area contributed by atoms with E-state index in [0.29, 0.717) is 6.04 Å². The van der Waals surface area contributed by atoms with Crippen molar-refractivity contribution in [1.82, 2.24) is 19.7 Å². The number of piperidine rings is 2. The highest BCUT2D eigenvalue weighted by atomic mass is 15.3. The predicted octanol–water partition coefficient (Wildman–Crippen LogP) is 4.31. The minimum absolute atomic E-state index is 0.692. The van der Waals surface area contributed by atoms with Crippen LogP contribution in [-0.4, -0.2) is 90.2 Å². The fourth-order valence-corrected chi connectivity index (χ4v) is 6.50. The summed E-state index contributed by atoms with van der Waals surface area (Å²) in [6, 6.07) is 8.93. The maximum atomic E-state index is 4.68. The van der Waals surface area contributed by atoms with Crippen LogP contribution in [0.2, 0.25) is 0 Å². The molecule has 0 radical (unpaired) electrons. The van der Waals surface area contributed by atoms with Crippen LogP contribution in [0.5, 0.6) is 0 Å². The molecule has 5 heteroatoms. The number of pyridine rings is 1. The minimum atomic E-state index is 0.692. The molecule has 1 aromatic heterocycles. The molecule has 3 aliphatic rings. The van der Waals surface area contributed by atoms with E-state index >= 15 is 0 Å². The molecular weight excluding hydrogens is 406 g/mol. The van der Waals surface area contributed by atoms with E-state index in [4.69, 9.17) is 0 Å². The Morgan fingerprint density at radius 3 is 2.03 bits per heavy atom. The van der Waals surface area contributed by atoms with E-state index < -0.39 is 0 Å². The van der Waals surface area contributed by atoms with Crippen LogP contribution in [0.3, 0.4) is 0 Å². The van der Waals surface area contributed by atoms with E-state index in [1.165, 1.54) is 87.2 Å². The van der Waals surface area contributed by atoms with Crippen LogP contribution in [0.25, 0.3) is 10.9 Å². The Labute approximate surface area is 200 Å². The number of rotatable bonds is 4. The van der Waals surface area contributed by atoms with Crippen LogP contribution in [-0.2, 0) is 0 Å². The molecule has 0 saturated carbocycles. The lowest BCUT2D eigenvalue weighted by Crippen LogP contribution is -2.56. The molecule has 3 saturated heterocycles. The Morgan fingerprint density at radius 2 is 1.39 bits per heavy atom. The van der Waals surface area contributed by atoms with Crippen molar-refractivity contribution < 1.29 is 0 Å². The highest BCUT2D eigenvalue weighted by Gasteiger charge is 2.32. The monoisotopic (exact) mass is 449 g/mol. The Morgan fingerprint density at radius 1 is 0.788 bits per heavy atom. The van der Waals surface area contributed by atoms with Crippen molar-refractivity contribution >= 4 is 16.6 Å². The summed E-state index contributed by atoms with van der Waals surface area (Å²) in [7, 11) is 0. The van der Waals surface area contributed by atoms with Crippen LogP contribution in [0, 0.1) is 13.8 Å². The van der Waals surface area contributed by atoms with Gasteiger partial charge in [-0.25, -0.2) is 0 Å². The second kappa shape index (κ2) is 9.89. The van der Waals surface area contributed by atoms with E-state index in [1.807, 2.05) is 0 Å². The summed E-state index contributed by atoms with van der Waals surface area (Å²) < 4.78 is 0. The summed E-state index contributed by atoms with van der Waals surface area (Å²) in [5.74, 6) is 0. The Balaban J connectivity index is 1.15. The van der Waals surface area contributed by atoms with Crippen molar-refractivity contribution in [2.75, 3.05) is 57.3 Å². The van der Waals surface area contributed by atoms with Gasteiger partial charge in [0.1, 0.15) is 0 Å². The maximum Gasteiger partial charge on any atom is 0.0723 e. The fraction of sp³-hybridized carbons (Fsp3) is 0.679. The third kappa shape index (κ3) is 4.91. The molecule has 3 fully saturated rings. The largest absolute Gasteiger partial charge is 0.371 e. The summed E-state index contributed by atoms with van der Waals surface area (Å²) in [5, 5.41) is 1.33. The number of hydrogen-bond donors (Lipinski definition) is 0. The number of fused-ring (bicyclic) bond motifs is 1. The van der Waals surface area contributed by atoms with Gasteiger partial charge in [-0.1, -0.05) is 11.6 Å². The van der Waals surface area contributed by atoms with Gasteiger partial charge in [-0.3, -0.25) is 14.8 Å². The number of nitrogens with zero attached hydrogens (tertiary/aromatic N) is 5. The standard InChI is InChI=1S/C28H43N5/c1-21(2)30-15-17-32(18-16-30)25-7-11-31(12-8-25)24-9-13-33(14-10-24)28-23(4)20-29-27-6-5-22(3)19-26(27)28/h5-6,19-21,24-25H,7-18H2,1-4H3. The molecule has 0 spiro atoms. The second-order valence-electron chi connectivity index (χ2n) is 11.0. The average Bonchev–Trinajstić information content (AvgIpc) is 2.84. The first-order valence-corrected chi connectivity index (χ1v) is 13.3. The number of aromatic nitrogens is 1. The number of likely N-dealkylation sites (tertiary alicyclic amines) is 1. The van der Waals surface area contributed by atoms with Gasteiger partial charge in [0.25, 0.3) is 0 Å². The molecular formula is C28H43N5. The van der Waals surface area contributed by atoms with E-state index in [0.717, 1.165) is 30.7 Å². The van der Waals surface area contributed by atoms with Crippen molar-refractivity contribution in [3.63, 3.8) is 0 Å². The molecule has 5 nitrogen and oxygen atoms in total. The number of piperazine rings is 1. The molecule has 2 aromatic rings. The fourth-order valence-electron chi connectivity index (χ4n) is 6.50. The third-order valence-electron chi connectivity index (χ3n) is 8.57. The summed E-state index contributed by atoms with van der Waals surface area (Å²) in [5.41, 5.74) is 5.17. The quantitative estimate of drug-likeness (QED) is 0.693. The SMILES string of the molecule is Cc1ccc2ncc(C)c(N3CCC(N4CCC(N5CCN(C(C)C)CC5)CC4)CC3)c2c1. The zero-order valence-corrected chi connectivity index (χ0v) is 21.3. The lowest BCUT2D eigenvalue weighted by atomic mass is 9.95. The van der Waals surface area contributed by atoms with E-state index in [9.17, 15) is 0 Å². The van der Waals surface area contributed by atoms with Gasteiger partial charge in [-0.2, -0.15) is 0 Å². The zero-order valence-electron chi connectivity index (χ0n) is 21.3. The molecule has 0 unspecified atom stereocenters. The molecule has 0 N–H and O–H groups in total. The minimum Gasteiger partial charge on any atom is -0.371 e. The van der Waals surface area contributed by atoms with Crippen molar-refractivity contribution in [3.05, 3.63) is 35.5 Å². The van der Waals surface area contributed by atoms with Crippen LogP contribution < -0.4 is 4.90 Å². The normalized spacial score (nSPS) is 23.1. The predicted molar refractivity (Wildman–Crippen MR) is 139 cm³/mol. The molecule has 4 heterocycles. The smallest absolute Gasteiger partial charge is 0.0723 e. The Bertz CT molecular complexity index is 927. The molecule has 0 bridgehead atoms. The van der Waals surface area contributed by atoms with Crippen molar-refractivity contribution in [3.8, 4) is 0 Å². The molecule has 0 atom stereocenters. The molecule has 33 heavy (non-hydrogen) atoms. The number of hydrogen-bond acceptors (Lipinski definition) is 5. The van der Waals surface area contributed by atoms with Gasteiger partial charge < -0.3 is 9.80 Å². The van der Waals surface area contributed by atoms with Gasteiger partial charge in [0, 0.05) is 69.0 Å². The average molecular weight is 450 g/mol. The summed E-state index contributed by atoms with van der Waals surface area (Å²) in [4.78, 5) is 15.6. The number of benzene rings is 1. The van der Waals surface area contributed by atoms with Gasteiger partial charge >= 0.3 is 0 Å². The zero-order chi connectivity index (χ0) is 22.9. The topological polar surface area (TPSA) is 25.9 Å². The van der Waals surface area contributed by atoms with E-state index in [-0.39, 0.29) is 0 Å². The van der Waals surface area contributed by atoms with Crippen LogP contribution in [0.15, 0.2) is 24.4 Å². The van der Waals surface area contributed by atoms with Crippen LogP contribution >= 0.6 is 0 Å². The van der Waals surface area contributed by atoms with E-state index in [1.54, 1.807) is 0 Å². The summed E-state index contributed by atoms with van der Waals surface area (Å²) in [6.45, 7) is 19.0. The summed E-state index contributed by atoms with van der Waals surface area (Å²) >= 11 is 0. The van der Waals surface area contributed by atoms with Crippen molar-refractivity contribution in [2.24, 2.45) is 0 Å². The highest BCUT2D eigenvalue weighted by Crippen LogP contribution is 2.33. The Kier molecular flexibility index (Phi) is 6.91. The second-order valence-corrected chi connectivity index (χ2v) is 11.0. The number of anilines is 1. The van der Waals surface area contributed by atoms with Crippen LogP contribution in [0.4, 0.5) is 5.69 Å². The number of aryl methyl sites for hydroxylation is 2. The lowest BCUT2D eigenvalue weighted by Gasteiger charge is -2.46. The van der Waals surface area contributed by atoms with Gasteiger partial charge in [0.15, 0.2) is 0 Å². The van der Waals surface area contributed by atoms with E-state index in [2.05, 4.69) is 76.7 Å². The lowest BCUT2D eigenvalue weighted by molar-refractivity contribution is 0.0359. The van der Waals surface area contributed by atoms with Gasteiger partial charge in [-0.15, -0.1) is 0 Å². The van der Waals surface area contributed by atoms with Gasteiger partial charge in [0.05, 0.1) is 11.2 Å². The first-order chi connectivity index (χ1) is 16.0. The molecule has 5 rings (SSSR count). The highest BCUT2D eigenvalue weighted by molar-refractivity contribution is 5.93. The first kappa shape index (κ1) is 23.1. The molecule has 180 valence electrons. The molecule has 0 amide bonds. The van der Waals surface area contributed by atoms with Crippen LogP contribution in [0.1, 0.15) is 50.7 Å².